The van der Waals surface area contributed by atoms with Gasteiger partial charge in [0.1, 0.15) is 0 Å². The van der Waals surface area contributed by atoms with E-state index in [1.807, 2.05) is 11.9 Å². The predicted molar refractivity (Wildman–Crippen MR) is 49.2 cm³/mol. The topological polar surface area (TPSA) is 40.5 Å². The van der Waals surface area contributed by atoms with Gasteiger partial charge in [0.15, 0.2) is 0 Å². The lowest BCUT2D eigenvalue weighted by Crippen LogP contribution is -2.46. The predicted octanol–water partition coefficient (Wildman–Crippen LogP) is 0.912. The molecule has 0 aromatic rings. The highest BCUT2D eigenvalue weighted by Crippen LogP contribution is 2.41. The van der Waals surface area contributed by atoms with Gasteiger partial charge in [-0.3, -0.25) is 4.79 Å². The van der Waals surface area contributed by atoms with Gasteiger partial charge < -0.3 is 10.0 Å². The fourth-order valence-electron chi connectivity index (χ4n) is 2.66. The first-order valence-corrected chi connectivity index (χ1v) is 5.09. The second-order valence-electron chi connectivity index (χ2n) is 4.41. The lowest BCUT2D eigenvalue weighted by molar-refractivity contribution is -0.130. The van der Waals surface area contributed by atoms with E-state index in [1.54, 1.807) is 0 Å². The zero-order valence-corrected chi connectivity index (χ0v) is 8.12. The Morgan fingerprint density at radius 1 is 1.38 bits per heavy atom. The van der Waals surface area contributed by atoms with Gasteiger partial charge in [0, 0.05) is 19.0 Å². The molecule has 1 spiro atoms. The zero-order chi connectivity index (χ0) is 9.47. The highest BCUT2D eigenvalue weighted by molar-refractivity contribution is 5.79. The molecule has 1 heterocycles. The number of carbonyl (C=O) groups excluding carboxylic acids is 1. The first-order valence-electron chi connectivity index (χ1n) is 5.09. The van der Waals surface area contributed by atoms with Crippen molar-refractivity contribution in [2.24, 2.45) is 0 Å². The normalized spacial score (nSPS) is 40.3. The second-order valence-corrected chi connectivity index (χ2v) is 4.41. The van der Waals surface area contributed by atoms with Gasteiger partial charge in [-0.25, -0.2) is 0 Å². The Kier molecular flexibility index (Phi) is 2.06. The first kappa shape index (κ1) is 9.00. The van der Waals surface area contributed by atoms with Crippen LogP contribution in [0.5, 0.6) is 0 Å². The van der Waals surface area contributed by atoms with Crippen LogP contribution in [-0.2, 0) is 4.79 Å². The molecular weight excluding hydrogens is 166 g/mol. The van der Waals surface area contributed by atoms with Crippen molar-refractivity contribution in [3.63, 3.8) is 0 Å². The van der Waals surface area contributed by atoms with Crippen LogP contribution in [0.25, 0.3) is 0 Å². The molecule has 1 aliphatic carbocycles. The average molecular weight is 183 g/mol. The molecule has 3 nitrogen and oxygen atoms in total. The second kappa shape index (κ2) is 2.98. The summed E-state index contributed by atoms with van der Waals surface area (Å²) < 4.78 is 0. The zero-order valence-electron chi connectivity index (χ0n) is 8.12. The van der Waals surface area contributed by atoms with E-state index in [0.29, 0.717) is 6.42 Å². The largest absolute Gasteiger partial charge is 0.393 e. The van der Waals surface area contributed by atoms with Crippen LogP contribution in [0.15, 0.2) is 0 Å². The molecule has 3 heteroatoms. The van der Waals surface area contributed by atoms with Crippen LogP contribution < -0.4 is 0 Å². The first-order chi connectivity index (χ1) is 6.14. The maximum absolute atomic E-state index is 11.4. The standard InChI is InChI=1S/C10H17NO2/c1-11-9(13)4-7-10(11)5-2-8(12)3-6-10/h8,12H,2-7H2,1H3. The van der Waals surface area contributed by atoms with Crippen LogP contribution in [0.2, 0.25) is 0 Å². The Morgan fingerprint density at radius 2 is 2.00 bits per heavy atom. The van der Waals surface area contributed by atoms with E-state index in [-0.39, 0.29) is 17.6 Å². The summed E-state index contributed by atoms with van der Waals surface area (Å²) in [6, 6.07) is 0. The molecule has 0 aromatic heterocycles. The maximum atomic E-state index is 11.4. The molecule has 13 heavy (non-hydrogen) atoms. The summed E-state index contributed by atoms with van der Waals surface area (Å²) in [7, 11) is 1.91. The Labute approximate surface area is 78.7 Å². The lowest BCUT2D eigenvalue weighted by atomic mass is 9.79. The van der Waals surface area contributed by atoms with E-state index in [0.717, 1.165) is 32.1 Å². The molecule has 1 saturated heterocycles. The van der Waals surface area contributed by atoms with E-state index in [2.05, 4.69) is 0 Å². The van der Waals surface area contributed by atoms with Gasteiger partial charge in [0.2, 0.25) is 5.91 Å². The van der Waals surface area contributed by atoms with E-state index < -0.39 is 0 Å². The van der Waals surface area contributed by atoms with Crippen LogP contribution >= 0.6 is 0 Å². The van der Waals surface area contributed by atoms with E-state index in [9.17, 15) is 9.90 Å². The van der Waals surface area contributed by atoms with Crippen LogP contribution in [0, 0.1) is 0 Å². The summed E-state index contributed by atoms with van der Waals surface area (Å²) >= 11 is 0. The highest BCUT2D eigenvalue weighted by Gasteiger charge is 2.44. The smallest absolute Gasteiger partial charge is 0.222 e. The van der Waals surface area contributed by atoms with E-state index in [1.165, 1.54) is 0 Å². The Hall–Kier alpha value is -0.570. The van der Waals surface area contributed by atoms with Crippen LogP contribution in [0.4, 0.5) is 0 Å². The molecule has 0 unspecified atom stereocenters. The van der Waals surface area contributed by atoms with Crippen molar-refractivity contribution in [3.8, 4) is 0 Å². The third kappa shape index (κ3) is 1.35. The van der Waals surface area contributed by atoms with Crippen LogP contribution in [0.1, 0.15) is 38.5 Å². The van der Waals surface area contributed by atoms with Crippen molar-refractivity contribution in [1.29, 1.82) is 0 Å². The summed E-state index contributed by atoms with van der Waals surface area (Å²) in [4.78, 5) is 13.3. The molecule has 2 rings (SSSR count). The Morgan fingerprint density at radius 3 is 2.46 bits per heavy atom. The molecular formula is C10H17NO2. The van der Waals surface area contributed by atoms with Crippen molar-refractivity contribution in [1.82, 2.24) is 4.90 Å². The Balaban J connectivity index is 2.09. The molecule has 0 atom stereocenters. The molecule has 0 radical (unpaired) electrons. The minimum atomic E-state index is -0.130. The summed E-state index contributed by atoms with van der Waals surface area (Å²) in [5.41, 5.74) is 0.107. The van der Waals surface area contributed by atoms with Gasteiger partial charge in [-0.05, 0) is 32.1 Å². The molecule has 1 amide bonds. The summed E-state index contributed by atoms with van der Waals surface area (Å²) in [5.74, 6) is 0.274. The van der Waals surface area contributed by atoms with Gasteiger partial charge in [-0.1, -0.05) is 0 Å². The molecule has 2 fully saturated rings. The summed E-state index contributed by atoms with van der Waals surface area (Å²) in [5, 5.41) is 9.40. The Bertz CT molecular complexity index is 219. The number of carbonyl (C=O) groups is 1. The van der Waals surface area contributed by atoms with Gasteiger partial charge in [-0.15, -0.1) is 0 Å². The van der Waals surface area contributed by atoms with Gasteiger partial charge in [0.25, 0.3) is 0 Å². The fourth-order valence-corrected chi connectivity index (χ4v) is 2.66. The van der Waals surface area contributed by atoms with E-state index in [4.69, 9.17) is 0 Å². The van der Waals surface area contributed by atoms with Crippen LogP contribution in [0.3, 0.4) is 0 Å². The monoisotopic (exact) mass is 183 g/mol. The van der Waals surface area contributed by atoms with Crippen molar-refractivity contribution in [2.75, 3.05) is 7.05 Å². The molecule has 1 aliphatic heterocycles. The minimum absolute atomic E-state index is 0.107. The quantitative estimate of drug-likeness (QED) is 0.606. The average Bonchev–Trinajstić information content (AvgIpc) is 2.40. The van der Waals surface area contributed by atoms with Crippen LogP contribution in [-0.4, -0.2) is 34.6 Å². The number of rotatable bonds is 0. The van der Waals surface area contributed by atoms with Gasteiger partial charge in [0.05, 0.1) is 6.10 Å². The molecule has 1 saturated carbocycles. The summed E-state index contributed by atoms with van der Waals surface area (Å²) in [6.45, 7) is 0. The minimum Gasteiger partial charge on any atom is -0.393 e. The van der Waals surface area contributed by atoms with Crippen molar-refractivity contribution in [3.05, 3.63) is 0 Å². The number of likely N-dealkylation sites (tertiary alicyclic amines) is 1. The van der Waals surface area contributed by atoms with Crippen molar-refractivity contribution >= 4 is 5.91 Å². The van der Waals surface area contributed by atoms with Crippen molar-refractivity contribution in [2.45, 2.75) is 50.2 Å². The highest BCUT2D eigenvalue weighted by atomic mass is 16.3. The van der Waals surface area contributed by atoms with E-state index >= 15 is 0 Å². The number of aliphatic hydroxyl groups excluding tert-OH is 1. The molecule has 0 aromatic carbocycles. The maximum Gasteiger partial charge on any atom is 0.222 e. The molecule has 1 N–H and O–H groups in total. The number of amides is 1. The van der Waals surface area contributed by atoms with Gasteiger partial charge >= 0.3 is 0 Å². The number of hydrogen-bond donors (Lipinski definition) is 1. The number of nitrogens with zero attached hydrogens (tertiary/aromatic N) is 1. The third-order valence-electron chi connectivity index (χ3n) is 3.78. The SMILES string of the molecule is CN1C(=O)CCC12CCC(O)CC2. The summed E-state index contributed by atoms with van der Waals surface area (Å²) in [6.07, 6.45) is 5.25. The molecule has 2 aliphatic rings. The van der Waals surface area contributed by atoms with Gasteiger partial charge in [-0.2, -0.15) is 0 Å². The number of hydrogen-bond acceptors (Lipinski definition) is 2. The van der Waals surface area contributed by atoms with Crippen molar-refractivity contribution < 1.29 is 9.90 Å². The lowest BCUT2D eigenvalue weighted by Gasteiger charge is -2.40. The fraction of sp³-hybridized carbons (Fsp3) is 0.900. The molecule has 0 bridgehead atoms. The number of aliphatic hydroxyl groups is 1. The molecule has 74 valence electrons. The third-order valence-corrected chi connectivity index (χ3v) is 3.78.